The molecule has 5 rings (SSSR count). The molecular weight excluding hydrogens is 550 g/mol. The Bertz CT molecular complexity index is 1360. The van der Waals surface area contributed by atoms with Gasteiger partial charge in [0.15, 0.2) is 13.9 Å². The van der Waals surface area contributed by atoms with E-state index in [9.17, 15) is 24.3 Å². The van der Waals surface area contributed by atoms with Crippen LogP contribution in [0.5, 0.6) is 0 Å². The smallest absolute Gasteiger partial charge is 0.264 e. The second-order valence-electron chi connectivity index (χ2n) is 12.1. The van der Waals surface area contributed by atoms with Gasteiger partial charge in [-0.15, -0.1) is 6.58 Å². The number of amides is 3. The van der Waals surface area contributed by atoms with Gasteiger partial charge in [0.1, 0.15) is 0 Å². The van der Waals surface area contributed by atoms with E-state index < -0.39 is 31.5 Å². The van der Waals surface area contributed by atoms with Gasteiger partial charge in [-0.1, -0.05) is 43.3 Å². The van der Waals surface area contributed by atoms with E-state index in [0.717, 1.165) is 12.0 Å². The average Bonchev–Trinajstić information content (AvgIpc) is 3.58. The Morgan fingerprint density at radius 1 is 1.21 bits per heavy atom. The minimum atomic E-state index is -2.98. The Kier molecular flexibility index (Phi) is 8.44. The number of rotatable bonds is 10. The summed E-state index contributed by atoms with van der Waals surface area (Å²) in [6, 6.07) is 15.2. The van der Waals surface area contributed by atoms with Crippen molar-refractivity contribution in [3.63, 3.8) is 0 Å². The van der Waals surface area contributed by atoms with Crippen molar-refractivity contribution in [1.82, 2.24) is 4.90 Å². The number of nitrogens with zero attached hydrogens (tertiary/aromatic N) is 3. The lowest BCUT2D eigenvalue weighted by molar-refractivity contribution is -0.149. The third-order valence-electron chi connectivity index (χ3n) is 8.98. The maximum Gasteiger partial charge on any atom is 0.264 e. The molecule has 0 aliphatic carbocycles. The van der Waals surface area contributed by atoms with Crippen molar-refractivity contribution in [2.45, 2.75) is 63.1 Å². The Morgan fingerprint density at radius 3 is 2.57 bits per heavy atom. The van der Waals surface area contributed by atoms with Crippen molar-refractivity contribution in [3.8, 4) is 0 Å². The maximum absolute atomic E-state index is 14.3. The Morgan fingerprint density at radius 2 is 1.95 bits per heavy atom. The topological polar surface area (TPSA) is 111 Å². The van der Waals surface area contributed by atoms with Crippen LogP contribution in [0, 0.1) is 5.92 Å². The van der Waals surface area contributed by atoms with E-state index in [1.807, 2.05) is 68.5 Å². The SMILES string of the molecule is C=CCN1C(=O)[C@]2(O[C@H](CC(=O)N(CCO)Cc3ccccc3)[C@@H]([Si](C)(C)O)[C@@H]2C)c2cc(N3CCCC3=O)ccc21. The highest BCUT2D eigenvalue weighted by molar-refractivity contribution is 6.71. The van der Waals surface area contributed by atoms with Gasteiger partial charge in [-0.25, -0.2) is 0 Å². The zero-order valence-corrected chi connectivity index (χ0v) is 25.7. The van der Waals surface area contributed by atoms with Crippen LogP contribution < -0.4 is 9.80 Å². The molecular formula is C32H41N3O6Si. The van der Waals surface area contributed by atoms with Crippen LogP contribution in [0.2, 0.25) is 18.6 Å². The van der Waals surface area contributed by atoms with Crippen LogP contribution in [-0.4, -0.2) is 73.2 Å². The van der Waals surface area contributed by atoms with Gasteiger partial charge in [-0.05, 0) is 43.3 Å². The molecule has 3 aliphatic heterocycles. The molecule has 0 bridgehead atoms. The molecule has 2 fully saturated rings. The van der Waals surface area contributed by atoms with E-state index >= 15 is 0 Å². The first kappa shape index (κ1) is 30.2. The summed E-state index contributed by atoms with van der Waals surface area (Å²) >= 11 is 0. The summed E-state index contributed by atoms with van der Waals surface area (Å²) in [4.78, 5) is 57.2. The molecule has 42 heavy (non-hydrogen) atoms. The molecule has 2 aromatic rings. The molecule has 3 amide bonds. The van der Waals surface area contributed by atoms with Crippen molar-refractivity contribution in [1.29, 1.82) is 0 Å². The maximum atomic E-state index is 14.3. The third-order valence-corrected chi connectivity index (χ3v) is 11.5. The quantitative estimate of drug-likeness (QED) is 0.323. The zero-order valence-electron chi connectivity index (χ0n) is 24.7. The highest BCUT2D eigenvalue weighted by Crippen LogP contribution is 2.60. The summed E-state index contributed by atoms with van der Waals surface area (Å²) < 4.78 is 6.81. The second kappa shape index (κ2) is 11.8. The van der Waals surface area contributed by atoms with Gasteiger partial charge in [0.05, 0.1) is 24.8 Å². The number of aliphatic hydroxyl groups excluding tert-OH is 1. The zero-order chi connectivity index (χ0) is 30.2. The van der Waals surface area contributed by atoms with E-state index in [2.05, 4.69) is 6.58 Å². The standard InChI is InChI=1S/C32H41N3O6Si/c1-5-15-35-26-14-13-24(34-16-9-12-28(34)37)19-25(26)32(31(35)39)22(2)30(42(3,4)40)27(41-32)20-29(38)33(17-18-36)21-23-10-7-6-8-11-23/h5-8,10-11,13-14,19,22,27,30,36,40H,1,9,12,15-18,20-21H2,2-4H3/t22-,27+,30-,32+/m0/s1. The predicted octanol–water partition coefficient (Wildman–Crippen LogP) is 3.56. The van der Waals surface area contributed by atoms with Gasteiger partial charge < -0.3 is 29.3 Å². The van der Waals surface area contributed by atoms with E-state index in [1.165, 1.54) is 0 Å². The number of hydrogen-bond acceptors (Lipinski definition) is 6. The molecule has 2 aromatic carbocycles. The number of hydrogen-bond donors (Lipinski definition) is 2. The molecule has 2 saturated heterocycles. The molecule has 0 aromatic heterocycles. The highest BCUT2D eigenvalue weighted by Gasteiger charge is 2.66. The van der Waals surface area contributed by atoms with Crippen LogP contribution in [0.3, 0.4) is 0 Å². The highest BCUT2D eigenvalue weighted by atomic mass is 28.4. The number of aliphatic hydroxyl groups is 1. The van der Waals surface area contributed by atoms with Gasteiger partial charge in [-0.3, -0.25) is 14.4 Å². The number of ether oxygens (including phenoxy) is 1. The van der Waals surface area contributed by atoms with Gasteiger partial charge in [0.25, 0.3) is 5.91 Å². The van der Waals surface area contributed by atoms with Crippen LogP contribution in [0.4, 0.5) is 11.4 Å². The van der Waals surface area contributed by atoms with Crippen molar-refractivity contribution in [2.75, 3.05) is 36.0 Å². The minimum Gasteiger partial charge on any atom is -0.432 e. The van der Waals surface area contributed by atoms with Crippen molar-refractivity contribution < 1.29 is 29.0 Å². The summed E-state index contributed by atoms with van der Waals surface area (Å²) in [5.74, 6) is -0.850. The first-order valence-corrected chi connectivity index (χ1v) is 17.8. The van der Waals surface area contributed by atoms with Gasteiger partial charge in [0.2, 0.25) is 11.8 Å². The molecule has 0 saturated carbocycles. The molecule has 2 N–H and O–H groups in total. The summed E-state index contributed by atoms with van der Waals surface area (Å²) in [6.45, 7) is 10.6. The van der Waals surface area contributed by atoms with Crippen LogP contribution in [0.25, 0.3) is 0 Å². The lowest BCUT2D eigenvalue weighted by Crippen LogP contribution is -2.46. The molecule has 10 heteroatoms. The average molecular weight is 592 g/mol. The fourth-order valence-corrected chi connectivity index (χ4v) is 9.74. The molecule has 3 aliphatic rings. The Labute approximate surface area is 248 Å². The molecule has 0 unspecified atom stereocenters. The number of carbonyl (C=O) groups is 3. The molecule has 4 atom stereocenters. The summed E-state index contributed by atoms with van der Waals surface area (Å²) in [7, 11) is -2.98. The monoisotopic (exact) mass is 591 g/mol. The van der Waals surface area contributed by atoms with E-state index in [4.69, 9.17) is 4.74 Å². The van der Waals surface area contributed by atoms with Gasteiger partial charge in [-0.2, -0.15) is 0 Å². The normalized spacial score (nSPS) is 25.4. The first-order valence-electron chi connectivity index (χ1n) is 14.7. The van der Waals surface area contributed by atoms with Crippen molar-refractivity contribution >= 4 is 37.4 Å². The van der Waals surface area contributed by atoms with Crippen LogP contribution in [0.15, 0.2) is 61.2 Å². The van der Waals surface area contributed by atoms with E-state index in [0.29, 0.717) is 36.4 Å². The summed E-state index contributed by atoms with van der Waals surface area (Å²) in [6.07, 6.45) is 2.18. The third kappa shape index (κ3) is 5.21. The molecule has 1 spiro atoms. The summed E-state index contributed by atoms with van der Waals surface area (Å²) in [5, 5.41) is 9.73. The number of carbonyl (C=O) groups excluding carboxylic acids is 3. The van der Waals surface area contributed by atoms with Crippen LogP contribution in [-0.2, 0) is 31.3 Å². The fraction of sp³-hybridized carbons (Fsp3) is 0.469. The summed E-state index contributed by atoms with van der Waals surface area (Å²) in [5.41, 5.74) is 1.17. The molecule has 9 nitrogen and oxygen atoms in total. The Hall–Kier alpha value is -3.31. The number of anilines is 2. The largest absolute Gasteiger partial charge is 0.432 e. The molecule has 0 radical (unpaired) electrons. The van der Waals surface area contributed by atoms with Crippen molar-refractivity contribution in [3.05, 3.63) is 72.3 Å². The van der Waals surface area contributed by atoms with E-state index in [-0.39, 0.29) is 43.8 Å². The second-order valence-corrected chi connectivity index (χ2v) is 16.1. The predicted molar refractivity (Wildman–Crippen MR) is 163 cm³/mol. The van der Waals surface area contributed by atoms with Gasteiger partial charge >= 0.3 is 0 Å². The lowest BCUT2D eigenvalue weighted by atomic mass is 9.82. The number of fused-ring (bicyclic) bond motifs is 2. The number of benzene rings is 2. The molecule has 3 heterocycles. The van der Waals surface area contributed by atoms with Crippen LogP contribution >= 0.6 is 0 Å². The van der Waals surface area contributed by atoms with Gasteiger partial charge in [0, 0.05) is 55.3 Å². The first-order chi connectivity index (χ1) is 20.0. The fourth-order valence-electron chi connectivity index (χ4n) is 7.18. The van der Waals surface area contributed by atoms with Crippen molar-refractivity contribution in [2.24, 2.45) is 5.92 Å². The Balaban J connectivity index is 1.53. The van der Waals surface area contributed by atoms with Crippen LogP contribution in [0.1, 0.15) is 37.3 Å². The lowest BCUT2D eigenvalue weighted by Gasteiger charge is -2.33. The molecule has 224 valence electrons. The van der Waals surface area contributed by atoms with E-state index in [1.54, 1.807) is 20.8 Å². The minimum absolute atomic E-state index is 0.0328.